The normalized spacial score (nSPS) is 15.8. The number of carbonyl (C=O) groups is 1. The zero-order valence-electron chi connectivity index (χ0n) is 15.0. The second-order valence-corrected chi connectivity index (χ2v) is 6.82. The molecule has 5 nitrogen and oxygen atoms in total. The van der Waals surface area contributed by atoms with Gasteiger partial charge in [0, 0.05) is 6.07 Å². The molecule has 1 N–H and O–H groups in total. The van der Waals surface area contributed by atoms with Gasteiger partial charge in [0.25, 0.3) is 11.5 Å². The highest BCUT2D eigenvalue weighted by atomic mass is 16.2. The fourth-order valence-corrected chi connectivity index (χ4v) is 3.58. The number of benzene rings is 2. The van der Waals surface area contributed by atoms with Crippen molar-refractivity contribution < 1.29 is 4.79 Å². The van der Waals surface area contributed by atoms with Crippen molar-refractivity contribution >= 4 is 5.91 Å². The molecule has 1 amide bonds. The summed E-state index contributed by atoms with van der Waals surface area (Å²) in [5.74, 6) is -0.251. The zero-order chi connectivity index (χ0) is 18.6. The van der Waals surface area contributed by atoms with Gasteiger partial charge in [0.1, 0.15) is 5.69 Å². The lowest BCUT2D eigenvalue weighted by molar-refractivity contribution is 0.0925. The predicted octanol–water partition coefficient (Wildman–Crippen LogP) is 3.10. The molecule has 0 bridgehead atoms. The van der Waals surface area contributed by atoms with E-state index < -0.39 is 0 Å². The lowest BCUT2D eigenvalue weighted by atomic mass is 9.87. The molecule has 0 unspecified atom stereocenters. The third-order valence-corrected chi connectivity index (χ3v) is 4.95. The second-order valence-electron chi connectivity index (χ2n) is 6.82. The summed E-state index contributed by atoms with van der Waals surface area (Å²) < 4.78 is 1.33. The Hall–Kier alpha value is -3.21. The average Bonchev–Trinajstić information content (AvgIpc) is 2.71. The van der Waals surface area contributed by atoms with E-state index in [9.17, 15) is 9.59 Å². The molecule has 3 aromatic rings. The second kappa shape index (κ2) is 7.58. The number of aromatic nitrogens is 2. The van der Waals surface area contributed by atoms with Gasteiger partial charge in [0.05, 0.1) is 12.6 Å². The molecule has 1 atom stereocenters. The van der Waals surface area contributed by atoms with E-state index in [-0.39, 0.29) is 23.2 Å². The van der Waals surface area contributed by atoms with Crippen molar-refractivity contribution in [1.29, 1.82) is 0 Å². The first-order valence-electron chi connectivity index (χ1n) is 9.21. The summed E-state index contributed by atoms with van der Waals surface area (Å²) in [5, 5.41) is 7.37. The number of nitrogens with zero attached hydrogens (tertiary/aromatic N) is 2. The first-order chi connectivity index (χ1) is 13.2. The summed E-state index contributed by atoms with van der Waals surface area (Å²) in [6.45, 7) is 0.340. The van der Waals surface area contributed by atoms with Gasteiger partial charge in [-0.1, -0.05) is 54.6 Å². The topological polar surface area (TPSA) is 64.0 Å². The van der Waals surface area contributed by atoms with Crippen LogP contribution < -0.4 is 10.9 Å². The van der Waals surface area contributed by atoms with E-state index in [1.54, 1.807) is 0 Å². The Bertz CT molecular complexity index is 1010. The van der Waals surface area contributed by atoms with Gasteiger partial charge in [-0.15, -0.1) is 0 Å². The number of carbonyl (C=O) groups excluding carboxylic acids is 1. The van der Waals surface area contributed by atoms with Gasteiger partial charge in [-0.2, -0.15) is 5.10 Å². The van der Waals surface area contributed by atoms with Crippen LogP contribution in [0.3, 0.4) is 0 Å². The molecule has 0 saturated heterocycles. The SMILES string of the molecule is O=C(N[C@@H]1CCCc2ccccc21)c1ccc(=O)n(Cc2ccccc2)n1. The van der Waals surface area contributed by atoms with Gasteiger partial charge >= 0.3 is 0 Å². The summed E-state index contributed by atoms with van der Waals surface area (Å²) in [5.41, 5.74) is 3.46. The lowest BCUT2D eigenvalue weighted by Gasteiger charge is -2.26. The van der Waals surface area contributed by atoms with Crippen molar-refractivity contribution in [1.82, 2.24) is 15.1 Å². The third kappa shape index (κ3) is 3.82. The van der Waals surface area contributed by atoms with Gasteiger partial charge < -0.3 is 5.32 Å². The molecule has 27 heavy (non-hydrogen) atoms. The van der Waals surface area contributed by atoms with Crippen molar-refractivity contribution in [2.45, 2.75) is 31.8 Å². The molecule has 0 aliphatic heterocycles. The molecule has 0 fully saturated rings. The van der Waals surface area contributed by atoms with Crippen LogP contribution >= 0.6 is 0 Å². The van der Waals surface area contributed by atoms with Crippen LogP contribution in [0.25, 0.3) is 0 Å². The van der Waals surface area contributed by atoms with Crippen LogP contribution in [-0.4, -0.2) is 15.7 Å². The number of rotatable bonds is 4. The summed E-state index contributed by atoms with van der Waals surface area (Å²) in [4.78, 5) is 24.9. The van der Waals surface area contributed by atoms with Crippen LogP contribution in [0.2, 0.25) is 0 Å². The third-order valence-electron chi connectivity index (χ3n) is 4.95. The van der Waals surface area contributed by atoms with Gasteiger partial charge in [-0.25, -0.2) is 4.68 Å². The summed E-state index contributed by atoms with van der Waals surface area (Å²) in [6, 6.07) is 20.7. The Labute approximate surface area is 157 Å². The van der Waals surface area contributed by atoms with Crippen LogP contribution in [0.5, 0.6) is 0 Å². The molecule has 2 aromatic carbocycles. The minimum absolute atomic E-state index is 0.0150. The van der Waals surface area contributed by atoms with Gasteiger partial charge in [-0.05, 0) is 42.0 Å². The molecule has 0 saturated carbocycles. The number of hydrogen-bond donors (Lipinski definition) is 1. The van der Waals surface area contributed by atoms with Gasteiger partial charge in [0.2, 0.25) is 0 Å². The van der Waals surface area contributed by atoms with E-state index in [0.717, 1.165) is 24.8 Å². The smallest absolute Gasteiger partial charge is 0.272 e. The van der Waals surface area contributed by atoms with Crippen molar-refractivity contribution in [3.8, 4) is 0 Å². The van der Waals surface area contributed by atoms with Crippen LogP contribution in [-0.2, 0) is 13.0 Å². The molecule has 5 heteroatoms. The van der Waals surface area contributed by atoms with Crippen LogP contribution in [0, 0.1) is 0 Å². The van der Waals surface area contributed by atoms with Crippen molar-refractivity contribution in [2.24, 2.45) is 0 Å². The molecule has 1 aromatic heterocycles. The standard InChI is InChI=1S/C22H21N3O2/c26-21-14-13-20(24-25(21)15-16-7-2-1-3-8-16)22(27)23-19-12-6-10-17-9-4-5-11-18(17)19/h1-5,7-9,11,13-14,19H,6,10,12,15H2,(H,23,27)/t19-/m1/s1. The maximum atomic E-state index is 12.7. The van der Waals surface area contributed by atoms with E-state index in [1.807, 2.05) is 42.5 Å². The number of nitrogens with one attached hydrogen (secondary N) is 1. The quantitative estimate of drug-likeness (QED) is 0.778. The summed E-state index contributed by atoms with van der Waals surface area (Å²) in [7, 11) is 0. The molecule has 1 heterocycles. The highest BCUT2D eigenvalue weighted by Gasteiger charge is 2.22. The average molecular weight is 359 g/mol. The Morgan fingerprint density at radius 1 is 1.04 bits per heavy atom. The minimum atomic E-state index is -0.251. The lowest BCUT2D eigenvalue weighted by Crippen LogP contribution is -2.33. The molecular formula is C22H21N3O2. The van der Waals surface area contributed by atoms with E-state index in [2.05, 4.69) is 22.5 Å². The first-order valence-corrected chi connectivity index (χ1v) is 9.21. The van der Waals surface area contributed by atoms with Gasteiger partial charge in [-0.3, -0.25) is 9.59 Å². The molecule has 1 aliphatic rings. The van der Waals surface area contributed by atoms with E-state index in [1.165, 1.54) is 27.9 Å². The monoisotopic (exact) mass is 359 g/mol. The fourth-order valence-electron chi connectivity index (χ4n) is 3.58. The fraction of sp³-hybridized carbons (Fsp3) is 0.227. The van der Waals surface area contributed by atoms with Crippen LogP contribution in [0.4, 0.5) is 0 Å². The molecular weight excluding hydrogens is 338 g/mol. The predicted molar refractivity (Wildman–Crippen MR) is 104 cm³/mol. The Morgan fingerprint density at radius 3 is 2.67 bits per heavy atom. The van der Waals surface area contributed by atoms with Crippen molar-refractivity contribution in [3.05, 3.63) is 99.5 Å². The van der Waals surface area contributed by atoms with Gasteiger partial charge in [0.15, 0.2) is 0 Å². The number of amides is 1. The molecule has 4 rings (SSSR count). The maximum Gasteiger partial charge on any atom is 0.272 e. The van der Waals surface area contributed by atoms with E-state index >= 15 is 0 Å². The molecule has 0 radical (unpaired) electrons. The zero-order valence-corrected chi connectivity index (χ0v) is 15.0. The maximum absolute atomic E-state index is 12.7. The Balaban J connectivity index is 1.55. The summed E-state index contributed by atoms with van der Waals surface area (Å²) >= 11 is 0. The van der Waals surface area contributed by atoms with E-state index in [0.29, 0.717) is 6.54 Å². The highest BCUT2D eigenvalue weighted by Crippen LogP contribution is 2.29. The first kappa shape index (κ1) is 17.2. The molecule has 1 aliphatic carbocycles. The number of hydrogen-bond acceptors (Lipinski definition) is 3. The minimum Gasteiger partial charge on any atom is -0.344 e. The highest BCUT2D eigenvalue weighted by molar-refractivity contribution is 5.92. The molecule has 136 valence electrons. The Kier molecular flexibility index (Phi) is 4.83. The van der Waals surface area contributed by atoms with Crippen LogP contribution in [0.15, 0.2) is 71.5 Å². The Morgan fingerprint density at radius 2 is 1.81 bits per heavy atom. The van der Waals surface area contributed by atoms with Crippen LogP contribution in [0.1, 0.15) is 46.1 Å². The summed E-state index contributed by atoms with van der Waals surface area (Å²) in [6.07, 6.45) is 3.00. The van der Waals surface area contributed by atoms with Crippen molar-refractivity contribution in [2.75, 3.05) is 0 Å². The van der Waals surface area contributed by atoms with Crippen molar-refractivity contribution in [3.63, 3.8) is 0 Å². The largest absolute Gasteiger partial charge is 0.344 e. The number of fused-ring (bicyclic) bond motifs is 1. The number of aryl methyl sites for hydroxylation is 1. The van der Waals surface area contributed by atoms with E-state index in [4.69, 9.17) is 0 Å². The molecule has 0 spiro atoms.